The van der Waals surface area contributed by atoms with Gasteiger partial charge in [0, 0.05) is 19.8 Å². The SMILES string of the molecule is Cn1cc(CCn2cnc(I)c2I)cn1. The highest BCUT2D eigenvalue weighted by atomic mass is 127. The Morgan fingerprint density at radius 1 is 1.40 bits per heavy atom. The van der Waals surface area contributed by atoms with E-state index in [0.717, 1.165) is 16.7 Å². The largest absolute Gasteiger partial charge is 0.325 e. The van der Waals surface area contributed by atoms with Gasteiger partial charge in [-0.15, -0.1) is 0 Å². The van der Waals surface area contributed by atoms with Crippen molar-refractivity contribution < 1.29 is 0 Å². The molecule has 0 amide bonds. The number of halogens is 2. The molecule has 0 aromatic carbocycles. The molecule has 0 saturated carbocycles. The second kappa shape index (κ2) is 4.81. The molecular formula is C9H10I2N4. The molecule has 0 fully saturated rings. The lowest BCUT2D eigenvalue weighted by Crippen LogP contribution is -2.01. The predicted octanol–water partition coefficient (Wildman–Crippen LogP) is 2.07. The molecular weight excluding hydrogens is 418 g/mol. The first-order chi connectivity index (χ1) is 7.16. The Labute approximate surface area is 115 Å². The third-order valence-electron chi connectivity index (χ3n) is 2.13. The van der Waals surface area contributed by atoms with Gasteiger partial charge >= 0.3 is 0 Å². The Bertz CT molecular complexity index is 460. The van der Waals surface area contributed by atoms with Crippen LogP contribution in [0.4, 0.5) is 0 Å². The average molecular weight is 428 g/mol. The highest BCUT2D eigenvalue weighted by Gasteiger charge is 2.05. The number of aromatic nitrogens is 4. The van der Waals surface area contributed by atoms with Gasteiger partial charge in [0.25, 0.3) is 0 Å². The maximum Gasteiger partial charge on any atom is 0.132 e. The van der Waals surface area contributed by atoms with Crippen LogP contribution >= 0.6 is 45.2 Å². The van der Waals surface area contributed by atoms with Gasteiger partial charge in [0.15, 0.2) is 0 Å². The number of hydrogen-bond acceptors (Lipinski definition) is 2. The molecule has 2 heterocycles. The molecule has 2 aromatic heterocycles. The Morgan fingerprint density at radius 2 is 2.20 bits per heavy atom. The van der Waals surface area contributed by atoms with Crippen LogP contribution in [-0.4, -0.2) is 19.3 Å². The second-order valence-corrected chi connectivity index (χ2v) is 5.34. The molecule has 2 rings (SSSR count). The van der Waals surface area contributed by atoms with E-state index in [0.29, 0.717) is 0 Å². The zero-order valence-electron chi connectivity index (χ0n) is 8.19. The number of rotatable bonds is 3. The van der Waals surface area contributed by atoms with Gasteiger partial charge in [-0.2, -0.15) is 5.10 Å². The maximum absolute atomic E-state index is 4.25. The highest BCUT2D eigenvalue weighted by Crippen LogP contribution is 2.13. The lowest BCUT2D eigenvalue weighted by atomic mass is 10.2. The lowest BCUT2D eigenvalue weighted by molar-refractivity contribution is 0.680. The standard InChI is InChI=1S/C9H10I2N4/c1-14-5-7(4-13-14)2-3-15-6-12-8(10)9(15)11/h4-6H,2-3H2,1H3. The Morgan fingerprint density at radius 3 is 2.73 bits per heavy atom. The van der Waals surface area contributed by atoms with E-state index in [4.69, 9.17) is 0 Å². The van der Waals surface area contributed by atoms with E-state index in [-0.39, 0.29) is 0 Å². The van der Waals surface area contributed by atoms with Crippen molar-refractivity contribution in [3.8, 4) is 0 Å². The fraction of sp³-hybridized carbons (Fsp3) is 0.333. The summed E-state index contributed by atoms with van der Waals surface area (Å²) in [6.45, 7) is 0.958. The summed E-state index contributed by atoms with van der Waals surface area (Å²) in [6, 6.07) is 0. The summed E-state index contributed by atoms with van der Waals surface area (Å²) < 4.78 is 6.27. The Hall–Kier alpha value is -0.120. The van der Waals surface area contributed by atoms with Crippen LogP contribution in [0, 0.1) is 7.40 Å². The predicted molar refractivity (Wildman–Crippen MR) is 74.6 cm³/mol. The van der Waals surface area contributed by atoms with Crippen molar-refractivity contribution >= 4 is 45.2 Å². The summed E-state index contributed by atoms with van der Waals surface area (Å²) in [6.07, 6.45) is 6.85. The number of nitrogens with zero attached hydrogens (tertiary/aromatic N) is 4. The zero-order chi connectivity index (χ0) is 10.8. The zero-order valence-corrected chi connectivity index (χ0v) is 12.5. The lowest BCUT2D eigenvalue weighted by Gasteiger charge is -2.01. The minimum atomic E-state index is 0.958. The topological polar surface area (TPSA) is 35.6 Å². The van der Waals surface area contributed by atoms with Crippen LogP contribution in [0.2, 0.25) is 0 Å². The van der Waals surface area contributed by atoms with Crippen LogP contribution in [0.25, 0.3) is 0 Å². The van der Waals surface area contributed by atoms with E-state index in [1.165, 1.54) is 9.26 Å². The van der Waals surface area contributed by atoms with Crippen molar-refractivity contribution in [1.82, 2.24) is 19.3 Å². The summed E-state index contributed by atoms with van der Waals surface area (Å²) in [4.78, 5) is 4.25. The molecule has 0 radical (unpaired) electrons. The molecule has 0 saturated heterocycles. The van der Waals surface area contributed by atoms with Crippen molar-refractivity contribution in [3.63, 3.8) is 0 Å². The molecule has 0 atom stereocenters. The molecule has 0 unspecified atom stereocenters. The summed E-state index contributed by atoms with van der Waals surface area (Å²) in [5.74, 6) is 0. The van der Waals surface area contributed by atoms with Gasteiger partial charge in [0.2, 0.25) is 0 Å². The number of hydrogen-bond donors (Lipinski definition) is 0. The van der Waals surface area contributed by atoms with Crippen molar-refractivity contribution in [2.24, 2.45) is 7.05 Å². The summed E-state index contributed by atoms with van der Waals surface area (Å²) >= 11 is 4.57. The van der Waals surface area contributed by atoms with Gasteiger partial charge < -0.3 is 4.57 Å². The van der Waals surface area contributed by atoms with Crippen molar-refractivity contribution in [3.05, 3.63) is 31.7 Å². The van der Waals surface area contributed by atoms with Gasteiger partial charge in [-0.3, -0.25) is 4.68 Å². The summed E-state index contributed by atoms with van der Waals surface area (Å²) in [5.41, 5.74) is 1.26. The molecule has 4 nitrogen and oxygen atoms in total. The van der Waals surface area contributed by atoms with E-state index in [1.807, 2.05) is 24.3 Å². The van der Waals surface area contributed by atoms with Crippen LogP contribution in [0.3, 0.4) is 0 Å². The van der Waals surface area contributed by atoms with E-state index in [2.05, 4.69) is 66.0 Å². The molecule has 0 aliphatic carbocycles. The fourth-order valence-corrected chi connectivity index (χ4v) is 2.29. The highest BCUT2D eigenvalue weighted by molar-refractivity contribution is 14.1. The van der Waals surface area contributed by atoms with Crippen LogP contribution in [0.1, 0.15) is 5.56 Å². The van der Waals surface area contributed by atoms with Crippen LogP contribution in [0.5, 0.6) is 0 Å². The van der Waals surface area contributed by atoms with Gasteiger partial charge in [-0.1, -0.05) is 0 Å². The first kappa shape index (κ1) is 11.4. The van der Waals surface area contributed by atoms with Gasteiger partial charge in [-0.05, 0) is 57.2 Å². The van der Waals surface area contributed by atoms with Crippen LogP contribution in [0.15, 0.2) is 18.7 Å². The minimum absolute atomic E-state index is 0.958. The van der Waals surface area contributed by atoms with E-state index >= 15 is 0 Å². The van der Waals surface area contributed by atoms with E-state index < -0.39 is 0 Å². The molecule has 80 valence electrons. The first-order valence-electron chi connectivity index (χ1n) is 4.50. The molecule has 0 aliphatic heterocycles. The molecule has 2 aromatic rings. The van der Waals surface area contributed by atoms with E-state index in [1.54, 1.807) is 0 Å². The van der Waals surface area contributed by atoms with Crippen LogP contribution < -0.4 is 0 Å². The minimum Gasteiger partial charge on any atom is -0.325 e. The quantitative estimate of drug-likeness (QED) is 0.703. The first-order valence-corrected chi connectivity index (χ1v) is 6.66. The van der Waals surface area contributed by atoms with Gasteiger partial charge in [0.05, 0.1) is 12.5 Å². The number of imidazole rings is 1. The smallest absolute Gasteiger partial charge is 0.132 e. The monoisotopic (exact) mass is 428 g/mol. The summed E-state index contributed by atoms with van der Waals surface area (Å²) in [5, 5.41) is 4.14. The third-order valence-corrected chi connectivity index (χ3v) is 5.08. The normalized spacial score (nSPS) is 10.9. The molecule has 15 heavy (non-hydrogen) atoms. The molecule has 6 heteroatoms. The van der Waals surface area contributed by atoms with Crippen molar-refractivity contribution in [2.75, 3.05) is 0 Å². The van der Waals surface area contributed by atoms with Crippen molar-refractivity contribution in [1.29, 1.82) is 0 Å². The molecule has 0 aliphatic rings. The molecule has 0 bridgehead atoms. The second-order valence-electron chi connectivity index (χ2n) is 3.29. The van der Waals surface area contributed by atoms with Crippen molar-refractivity contribution in [2.45, 2.75) is 13.0 Å². The Balaban J connectivity index is 2.02. The summed E-state index contributed by atoms with van der Waals surface area (Å²) in [7, 11) is 1.94. The third kappa shape index (κ3) is 2.71. The van der Waals surface area contributed by atoms with Gasteiger partial charge in [0.1, 0.15) is 7.40 Å². The fourth-order valence-electron chi connectivity index (χ4n) is 1.35. The Kier molecular flexibility index (Phi) is 3.65. The maximum atomic E-state index is 4.25. The average Bonchev–Trinajstić information content (AvgIpc) is 2.74. The van der Waals surface area contributed by atoms with Gasteiger partial charge in [-0.25, -0.2) is 4.98 Å². The van der Waals surface area contributed by atoms with Crippen LogP contribution in [-0.2, 0) is 20.0 Å². The number of aryl methyl sites for hydroxylation is 3. The van der Waals surface area contributed by atoms with E-state index in [9.17, 15) is 0 Å². The molecule has 0 spiro atoms. The molecule has 0 N–H and O–H groups in total.